The summed E-state index contributed by atoms with van der Waals surface area (Å²) in [5.74, 6) is 0. The van der Waals surface area contributed by atoms with Gasteiger partial charge in [0.15, 0.2) is 6.20 Å². The molecular weight excluding hydrogens is 330 g/mol. The van der Waals surface area contributed by atoms with Crippen molar-refractivity contribution in [2.75, 3.05) is 0 Å². The highest BCUT2D eigenvalue weighted by Gasteiger charge is 2.18. The zero-order chi connectivity index (χ0) is 19.1. The van der Waals surface area contributed by atoms with Crippen molar-refractivity contribution < 1.29 is 4.57 Å². The average molecular weight is 354 g/mol. The molecule has 0 radical (unpaired) electrons. The minimum atomic E-state index is 0.903. The fraction of sp³-hybridized carbons (Fsp3) is 0.208. The van der Waals surface area contributed by atoms with Crippen LogP contribution in [0.3, 0.4) is 0 Å². The van der Waals surface area contributed by atoms with Crippen molar-refractivity contribution >= 4 is 10.8 Å². The molecular formula is C24H24N3+. The lowest BCUT2D eigenvalue weighted by atomic mass is 9.94. The molecule has 0 unspecified atom stereocenters. The summed E-state index contributed by atoms with van der Waals surface area (Å²) < 4.78 is 2.22. The zero-order valence-corrected chi connectivity index (χ0v) is 16.5. The van der Waals surface area contributed by atoms with Crippen molar-refractivity contribution in [1.29, 1.82) is 0 Å². The molecule has 0 aliphatic rings. The molecule has 134 valence electrons. The van der Waals surface area contributed by atoms with Gasteiger partial charge in [0.1, 0.15) is 7.05 Å². The summed E-state index contributed by atoms with van der Waals surface area (Å²) in [6.45, 7) is 8.51. The second kappa shape index (κ2) is 6.58. The van der Waals surface area contributed by atoms with Gasteiger partial charge in [0.2, 0.25) is 5.69 Å². The maximum atomic E-state index is 4.52. The number of nitrogens with zero attached hydrogens (tertiary/aromatic N) is 3. The molecule has 4 aromatic rings. The van der Waals surface area contributed by atoms with E-state index in [9.17, 15) is 0 Å². The summed E-state index contributed by atoms with van der Waals surface area (Å²) in [4.78, 5) is 8.90. The van der Waals surface area contributed by atoms with Crippen LogP contribution in [0.2, 0.25) is 0 Å². The molecule has 0 atom stereocenters. The quantitative estimate of drug-likeness (QED) is 0.473. The van der Waals surface area contributed by atoms with Gasteiger partial charge < -0.3 is 0 Å². The van der Waals surface area contributed by atoms with Crippen LogP contribution >= 0.6 is 0 Å². The first kappa shape index (κ1) is 17.3. The zero-order valence-electron chi connectivity index (χ0n) is 16.5. The number of benzene rings is 2. The van der Waals surface area contributed by atoms with E-state index in [1.807, 2.05) is 19.3 Å². The largest absolute Gasteiger partial charge is 0.258 e. The molecule has 3 nitrogen and oxygen atoms in total. The van der Waals surface area contributed by atoms with Crippen LogP contribution in [0.25, 0.3) is 33.3 Å². The minimum Gasteiger partial charge on any atom is -0.258 e. The molecule has 4 rings (SSSR count). The average Bonchev–Trinajstić information content (AvgIpc) is 2.65. The van der Waals surface area contributed by atoms with Crippen LogP contribution in [0.4, 0.5) is 0 Å². The van der Waals surface area contributed by atoms with Crippen molar-refractivity contribution in [3.63, 3.8) is 0 Å². The first-order valence-corrected chi connectivity index (χ1v) is 9.23. The Morgan fingerprint density at radius 1 is 0.852 bits per heavy atom. The fourth-order valence-corrected chi connectivity index (χ4v) is 3.69. The lowest BCUT2D eigenvalue weighted by molar-refractivity contribution is -0.659. The Labute approximate surface area is 160 Å². The van der Waals surface area contributed by atoms with Gasteiger partial charge in [0, 0.05) is 17.8 Å². The molecule has 0 saturated heterocycles. The van der Waals surface area contributed by atoms with Gasteiger partial charge in [0.25, 0.3) is 0 Å². The maximum Gasteiger partial charge on any atom is 0.220 e. The molecule has 0 aliphatic heterocycles. The van der Waals surface area contributed by atoms with Gasteiger partial charge in [-0.2, -0.15) is 0 Å². The summed E-state index contributed by atoms with van der Waals surface area (Å²) >= 11 is 0. The molecule has 3 heteroatoms. The number of fused-ring (bicyclic) bond motifs is 1. The number of aromatic nitrogens is 3. The molecule has 0 amide bonds. The van der Waals surface area contributed by atoms with E-state index < -0.39 is 0 Å². The van der Waals surface area contributed by atoms with Gasteiger partial charge in [-0.15, -0.1) is 0 Å². The van der Waals surface area contributed by atoms with Crippen LogP contribution in [0.1, 0.15) is 22.4 Å². The first-order valence-electron chi connectivity index (χ1n) is 9.23. The number of rotatable bonds is 2. The van der Waals surface area contributed by atoms with E-state index >= 15 is 0 Å². The van der Waals surface area contributed by atoms with Crippen LogP contribution in [-0.2, 0) is 7.05 Å². The maximum absolute atomic E-state index is 4.52. The highest BCUT2D eigenvalue weighted by Crippen LogP contribution is 2.32. The van der Waals surface area contributed by atoms with E-state index in [-0.39, 0.29) is 0 Å². The third-order valence-electron chi connectivity index (χ3n) is 5.28. The summed E-state index contributed by atoms with van der Waals surface area (Å²) in [6, 6.07) is 13.3. The van der Waals surface area contributed by atoms with Gasteiger partial charge in [0.05, 0.1) is 28.5 Å². The Kier molecular flexibility index (Phi) is 4.23. The van der Waals surface area contributed by atoms with Gasteiger partial charge in [-0.05, 0) is 62.4 Å². The SMILES string of the molecule is Cc1cc(C)c(C)c(-c2c3ccc(-c4cnc(C)cn4)cc3cc[n+]2C)c1. The van der Waals surface area contributed by atoms with Crippen molar-refractivity contribution in [3.05, 3.63) is 77.4 Å². The molecule has 0 saturated carbocycles. The van der Waals surface area contributed by atoms with E-state index in [0.29, 0.717) is 0 Å². The van der Waals surface area contributed by atoms with Crippen LogP contribution in [0, 0.1) is 27.7 Å². The molecule has 27 heavy (non-hydrogen) atoms. The number of pyridine rings is 1. The third-order valence-corrected chi connectivity index (χ3v) is 5.28. The predicted molar refractivity (Wildman–Crippen MR) is 111 cm³/mol. The summed E-state index contributed by atoms with van der Waals surface area (Å²) in [6.07, 6.45) is 5.79. The minimum absolute atomic E-state index is 0.903. The Balaban J connectivity index is 1.95. The van der Waals surface area contributed by atoms with Gasteiger partial charge in [-0.1, -0.05) is 17.7 Å². The van der Waals surface area contributed by atoms with E-state index in [2.05, 4.69) is 84.9 Å². The molecule has 2 aromatic carbocycles. The fourth-order valence-electron chi connectivity index (χ4n) is 3.69. The normalized spacial score (nSPS) is 11.1. The Hall–Kier alpha value is -3.07. The lowest BCUT2D eigenvalue weighted by Gasteiger charge is -2.12. The van der Waals surface area contributed by atoms with Crippen LogP contribution < -0.4 is 4.57 Å². The number of aryl methyl sites for hydroxylation is 4. The second-order valence-electron chi connectivity index (χ2n) is 7.37. The van der Waals surface area contributed by atoms with Crippen molar-refractivity contribution in [2.45, 2.75) is 27.7 Å². The molecule has 0 aliphatic carbocycles. The highest BCUT2D eigenvalue weighted by molar-refractivity contribution is 5.96. The van der Waals surface area contributed by atoms with E-state index in [4.69, 9.17) is 0 Å². The topological polar surface area (TPSA) is 29.7 Å². The van der Waals surface area contributed by atoms with E-state index in [1.54, 1.807) is 0 Å². The van der Waals surface area contributed by atoms with Crippen molar-refractivity contribution in [1.82, 2.24) is 9.97 Å². The molecule has 2 heterocycles. The van der Waals surface area contributed by atoms with E-state index in [1.165, 1.54) is 38.7 Å². The van der Waals surface area contributed by atoms with Crippen LogP contribution in [-0.4, -0.2) is 9.97 Å². The molecule has 0 N–H and O–H groups in total. The number of hydrogen-bond donors (Lipinski definition) is 0. The lowest BCUT2D eigenvalue weighted by Crippen LogP contribution is -2.30. The van der Waals surface area contributed by atoms with E-state index in [0.717, 1.165) is 17.0 Å². The van der Waals surface area contributed by atoms with Gasteiger partial charge >= 0.3 is 0 Å². The van der Waals surface area contributed by atoms with Gasteiger partial charge in [-0.3, -0.25) is 9.97 Å². The number of hydrogen-bond acceptors (Lipinski definition) is 2. The summed E-state index contributed by atoms with van der Waals surface area (Å²) in [7, 11) is 2.12. The third kappa shape index (κ3) is 3.10. The summed E-state index contributed by atoms with van der Waals surface area (Å²) in [5, 5.41) is 2.46. The second-order valence-corrected chi connectivity index (χ2v) is 7.37. The van der Waals surface area contributed by atoms with Crippen LogP contribution in [0.5, 0.6) is 0 Å². The van der Waals surface area contributed by atoms with Crippen molar-refractivity contribution in [2.24, 2.45) is 7.05 Å². The Morgan fingerprint density at radius 2 is 1.67 bits per heavy atom. The van der Waals surface area contributed by atoms with Crippen molar-refractivity contribution in [3.8, 4) is 22.5 Å². The Morgan fingerprint density at radius 3 is 2.41 bits per heavy atom. The monoisotopic (exact) mass is 354 g/mol. The molecule has 0 spiro atoms. The van der Waals surface area contributed by atoms with Gasteiger partial charge in [-0.25, -0.2) is 4.57 Å². The Bertz CT molecular complexity index is 1160. The summed E-state index contributed by atoms with van der Waals surface area (Å²) in [5.41, 5.74) is 9.41. The molecule has 2 aromatic heterocycles. The standard InChI is InChI=1S/C24H24N3/c1-15-10-16(2)18(4)22(11-15)24-21-7-6-20(12-19(21)8-9-27(24)5)23-14-25-17(3)13-26-23/h6-14H,1-5H3/q+1. The molecule has 0 bridgehead atoms. The molecule has 0 fully saturated rings. The highest BCUT2D eigenvalue weighted by atomic mass is 14.9. The predicted octanol–water partition coefficient (Wildman–Crippen LogP) is 5.02. The smallest absolute Gasteiger partial charge is 0.220 e. The van der Waals surface area contributed by atoms with Crippen LogP contribution in [0.15, 0.2) is 55.0 Å². The first-order chi connectivity index (χ1) is 12.9.